The lowest BCUT2D eigenvalue weighted by atomic mass is 9.96. The molecule has 1 aliphatic rings. The molecule has 4 amide bonds. The van der Waals surface area contributed by atoms with E-state index < -0.39 is 11.9 Å². The van der Waals surface area contributed by atoms with Gasteiger partial charge in [0.05, 0.1) is 12.1 Å². The van der Waals surface area contributed by atoms with Gasteiger partial charge in [-0.05, 0) is 47.6 Å². The van der Waals surface area contributed by atoms with Gasteiger partial charge >= 0.3 is 6.03 Å². The van der Waals surface area contributed by atoms with Crippen LogP contribution in [0.15, 0.2) is 24.3 Å². The fourth-order valence-electron chi connectivity index (χ4n) is 2.54. The van der Waals surface area contributed by atoms with Crippen molar-refractivity contribution in [3.63, 3.8) is 0 Å². The van der Waals surface area contributed by atoms with Gasteiger partial charge in [0.15, 0.2) is 0 Å². The lowest BCUT2D eigenvalue weighted by molar-refractivity contribution is -0.120. The summed E-state index contributed by atoms with van der Waals surface area (Å²) in [7, 11) is 0. The van der Waals surface area contributed by atoms with Gasteiger partial charge in [0.1, 0.15) is 0 Å². The molecule has 7 nitrogen and oxygen atoms in total. The van der Waals surface area contributed by atoms with Crippen molar-refractivity contribution in [1.29, 1.82) is 0 Å². The minimum absolute atomic E-state index is 0.163. The Labute approximate surface area is 154 Å². The summed E-state index contributed by atoms with van der Waals surface area (Å²) in [5.41, 5.74) is 5.09. The van der Waals surface area contributed by atoms with Gasteiger partial charge in [-0.3, -0.25) is 15.0 Å². The molecule has 0 atom stereocenters. The highest BCUT2D eigenvalue weighted by molar-refractivity contribution is 14.1. The van der Waals surface area contributed by atoms with E-state index >= 15 is 0 Å². The molecule has 1 aliphatic carbocycles. The van der Waals surface area contributed by atoms with Crippen LogP contribution in [0.2, 0.25) is 0 Å². The number of rotatable bonds is 4. The number of hydrogen-bond donors (Lipinski definition) is 4. The number of benzene rings is 1. The summed E-state index contributed by atoms with van der Waals surface area (Å²) < 4.78 is 0.804. The number of carbonyl (C=O) groups excluding carboxylic acids is 3. The van der Waals surface area contributed by atoms with Crippen molar-refractivity contribution in [3.05, 3.63) is 33.4 Å². The van der Waals surface area contributed by atoms with Crippen LogP contribution in [0.4, 0.5) is 4.79 Å². The summed E-state index contributed by atoms with van der Waals surface area (Å²) in [5.74, 6) is -0.824. The molecule has 2 rings (SSSR count). The standard InChI is InChI=1S/C16H21IN4O3/c17-13-9-5-4-8-12(13)15(23)18-10-14(22)20-21-16(24)19-11-6-2-1-3-7-11/h4-5,8-9,11H,1-3,6-7,10H2,(H,18,23)(H,20,22)(H2,19,21,24). The molecule has 8 heteroatoms. The molecule has 1 aromatic rings. The van der Waals surface area contributed by atoms with Gasteiger partial charge in [-0.1, -0.05) is 31.4 Å². The van der Waals surface area contributed by atoms with Gasteiger partial charge in [-0.25, -0.2) is 10.2 Å². The van der Waals surface area contributed by atoms with Crippen LogP contribution < -0.4 is 21.5 Å². The van der Waals surface area contributed by atoms with Crippen LogP contribution in [0.1, 0.15) is 42.5 Å². The van der Waals surface area contributed by atoms with Crippen LogP contribution in [0, 0.1) is 3.57 Å². The molecule has 24 heavy (non-hydrogen) atoms. The second-order valence-electron chi connectivity index (χ2n) is 5.64. The molecule has 1 aromatic carbocycles. The van der Waals surface area contributed by atoms with Gasteiger partial charge in [-0.15, -0.1) is 0 Å². The first-order valence-electron chi connectivity index (χ1n) is 7.94. The number of urea groups is 1. The second kappa shape index (κ2) is 9.45. The van der Waals surface area contributed by atoms with Gasteiger partial charge in [0.25, 0.3) is 11.8 Å². The fraction of sp³-hybridized carbons (Fsp3) is 0.438. The summed E-state index contributed by atoms with van der Waals surface area (Å²) in [6.45, 7) is -0.215. The van der Waals surface area contributed by atoms with Gasteiger partial charge < -0.3 is 10.6 Å². The fourth-order valence-corrected chi connectivity index (χ4v) is 3.17. The molecule has 0 aliphatic heterocycles. The third-order valence-electron chi connectivity index (χ3n) is 3.78. The van der Waals surface area contributed by atoms with Crippen molar-refractivity contribution in [3.8, 4) is 0 Å². The van der Waals surface area contributed by atoms with E-state index in [1.807, 2.05) is 12.1 Å². The predicted molar refractivity (Wildman–Crippen MR) is 98.2 cm³/mol. The quantitative estimate of drug-likeness (QED) is 0.420. The molecule has 0 saturated heterocycles. The highest BCUT2D eigenvalue weighted by atomic mass is 127. The third kappa shape index (κ3) is 5.99. The summed E-state index contributed by atoms with van der Waals surface area (Å²) >= 11 is 2.06. The number of hydrazine groups is 1. The Hall–Kier alpha value is -1.84. The van der Waals surface area contributed by atoms with Crippen LogP contribution in [0.25, 0.3) is 0 Å². The molecule has 0 heterocycles. The first kappa shape index (κ1) is 18.5. The normalized spacial score (nSPS) is 14.5. The Morgan fingerprint density at radius 3 is 2.46 bits per heavy atom. The Morgan fingerprint density at radius 1 is 1.04 bits per heavy atom. The Morgan fingerprint density at radius 2 is 1.75 bits per heavy atom. The van der Waals surface area contributed by atoms with E-state index in [9.17, 15) is 14.4 Å². The van der Waals surface area contributed by atoms with Crippen LogP contribution in [0.3, 0.4) is 0 Å². The first-order chi connectivity index (χ1) is 11.6. The van der Waals surface area contributed by atoms with Crippen molar-refractivity contribution in [2.24, 2.45) is 0 Å². The number of amides is 4. The largest absolute Gasteiger partial charge is 0.343 e. The zero-order valence-corrected chi connectivity index (χ0v) is 15.4. The summed E-state index contributed by atoms with van der Waals surface area (Å²) in [4.78, 5) is 35.4. The smallest absolute Gasteiger partial charge is 0.333 e. The topological polar surface area (TPSA) is 99.3 Å². The van der Waals surface area contributed by atoms with Crippen LogP contribution >= 0.6 is 22.6 Å². The number of carbonyl (C=O) groups is 3. The maximum atomic E-state index is 12.0. The molecular weight excluding hydrogens is 423 g/mol. The Kier molecular flexibility index (Phi) is 7.29. The lowest BCUT2D eigenvalue weighted by Gasteiger charge is -2.22. The molecule has 4 N–H and O–H groups in total. The van der Waals surface area contributed by atoms with E-state index in [-0.39, 0.29) is 18.5 Å². The minimum atomic E-state index is -0.493. The van der Waals surface area contributed by atoms with E-state index in [1.165, 1.54) is 6.42 Å². The zero-order chi connectivity index (χ0) is 17.4. The monoisotopic (exact) mass is 444 g/mol. The summed E-state index contributed by atoms with van der Waals surface area (Å²) in [6, 6.07) is 6.82. The van der Waals surface area contributed by atoms with Gasteiger partial charge in [0.2, 0.25) is 0 Å². The Balaban J connectivity index is 1.66. The van der Waals surface area contributed by atoms with Gasteiger partial charge in [0, 0.05) is 9.61 Å². The van der Waals surface area contributed by atoms with Crippen molar-refractivity contribution >= 4 is 40.4 Å². The van der Waals surface area contributed by atoms with Crippen LogP contribution in [0.5, 0.6) is 0 Å². The molecule has 0 bridgehead atoms. The number of halogens is 1. The van der Waals surface area contributed by atoms with Gasteiger partial charge in [-0.2, -0.15) is 0 Å². The Bertz CT molecular complexity index is 603. The number of nitrogens with one attached hydrogen (secondary N) is 4. The van der Waals surface area contributed by atoms with Crippen LogP contribution in [-0.4, -0.2) is 30.4 Å². The van der Waals surface area contributed by atoms with E-state index in [0.717, 1.165) is 29.3 Å². The molecule has 1 fully saturated rings. The van der Waals surface area contributed by atoms with Crippen molar-refractivity contribution in [2.45, 2.75) is 38.1 Å². The zero-order valence-electron chi connectivity index (χ0n) is 13.2. The molecule has 0 unspecified atom stereocenters. The van der Waals surface area contributed by atoms with Crippen molar-refractivity contribution in [1.82, 2.24) is 21.5 Å². The van der Waals surface area contributed by atoms with E-state index in [1.54, 1.807) is 12.1 Å². The average Bonchev–Trinajstić information content (AvgIpc) is 2.59. The SMILES string of the molecule is O=C(CNC(=O)c1ccccc1I)NNC(=O)NC1CCCCC1. The molecule has 0 radical (unpaired) electrons. The van der Waals surface area contributed by atoms with Crippen molar-refractivity contribution < 1.29 is 14.4 Å². The third-order valence-corrected chi connectivity index (χ3v) is 4.72. The van der Waals surface area contributed by atoms with Crippen molar-refractivity contribution in [2.75, 3.05) is 6.54 Å². The number of hydrogen-bond acceptors (Lipinski definition) is 3. The molecule has 0 aromatic heterocycles. The summed E-state index contributed by atoms with van der Waals surface area (Å²) in [6.07, 6.45) is 5.36. The highest BCUT2D eigenvalue weighted by Gasteiger charge is 2.16. The van der Waals surface area contributed by atoms with Crippen LogP contribution in [-0.2, 0) is 4.79 Å². The molecule has 1 saturated carbocycles. The summed E-state index contributed by atoms with van der Waals surface area (Å²) in [5, 5.41) is 5.34. The molecule has 0 spiro atoms. The minimum Gasteiger partial charge on any atom is -0.343 e. The van der Waals surface area contributed by atoms with E-state index in [4.69, 9.17) is 0 Å². The maximum absolute atomic E-state index is 12.0. The molecule has 130 valence electrons. The molecular formula is C16H21IN4O3. The average molecular weight is 444 g/mol. The van der Waals surface area contributed by atoms with E-state index in [0.29, 0.717) is 5.56 Å². The highest BCUT2D eigenvalue weighted by Crippen LogP contribution is 2.17. The second-order valence-corrected chi connectivity index (χ2v) is 6.81. The maximum Gasteiger partial charge on any atom is 0.333 e. The van der Waals surface area contributed by atoms with E-state index in [2.05, 4.69) is 44.1 Å². The predicted octanol–water partition coefficient (Wildman–Crippen LogP) is 1.68. The lowest BCUT2D eigenvalue weighted by Crippen LogP contribution is -2.52. The first-order valence-corrected chi connectivity index (χ1v) is 9.02.